The smallest absolute Gasteiger partial charge is 0.306 e. The van der Waals surface area contributed by atoms with E-state index in [9.17, 15) is 9.59 Å². The fourth-order valence-electron chi connectivity index (χ4n) is 4.58. The summed E-state index contributed by atoms with van der Waals surface area (Å²) >= 11 is 0. The van der Waals surface area contributed by atoms with E-state index in [1.165, 1.54) is 45.6 Å². The van der Waals surface area contributed by atoms with Gasteiger partial charge in [-0.25, -0.2) is 0 Å². The molecule has 232 valence electrons. The Morgan fingerprint density at radius 2 is 1.15 bits per heavy atom. The molecular formula is C35H63NO4. The molecule has 0 heterocycles. The minimum atomic E-state index is -0.124. The zero-order valence-corrected chi connectivity index (χ0v) is 26.7. The van der Waals surface area contributed by atoms with Crippen LogP contribution < -0.4 is 0 Å². The highest BCUT2D eigenvalue weighted by atomic mass is 16.5. The number of allylic oxidation sites excluding steroid dienone is 6. The Labute approximate surface area is 247 Å². The minimum Gasteiger partial charge on any atom is -0.469 e. The number of hydrogen-bond acceptors (Lipinski definition) is 5. The molecule has 0 aliphatic carbocycles. The summed E-state index contributed by atoms with van der Waals surface area (Å²) in [6.45, 7) is 3.16. The quantitative estimate of drug-likeness (QED) is 0.0541. The number of carbonyl (C=O) groups excluding carboxylic acids is 2. The summed E-state index contributed by atoms with van der Waals surface area (Å²) in [7, 11) is 5.50. The number of unbranched alkanes of at least 4 members (excludes halogenated alkanes) is 11. The van der Waals surface area contributed by atoms with Crippen molar-refractivity contribution in [2.45, 2.75) is 148 Å². The first-order valence-corrected chi connectivity index (χ1v) is 16.4. The Bertz CT molecular complexity index is 668. The molecule has 0 spiro atoms. The average Bonchev–Trinajstić information content (AvgIpc) is 2.93. The number of esters is 2. The Balaban J connectivity index is 4.06. The highest BCUT2D eigenvalue weighted by Gasteiger charge is 2.14. The lowest BCUT2D eigenvalue weighted by Gasteiger charge is -2.18. The van der Waals surface area contributed by atoms with Crippen LogP contribution in [0.1, 0.15) is 142 Å². The second-order valence-corrected chi connectivity index (χ2v) is 11.3. The molecule has 0 bridgehead atoms. The number of nitrogens with zero attached hydrogens (tertiary/aromatic N) is 1. The van der Waals surface area contributed by atoms with E-state index in [0.29, 0.717) is 12.8 Å². The Morgan fingerprint density at radius 1 is 0.625 bits per heavy atom. The lowest BCUT2D eigenvalue weighted by atomic mass is 10.0. The van der Waals surface area contributed by atoms with E-state index < -0.39 is 0 Å². The summed E-state index contributed by atoms with van der Waals surface area (Å²) in [6.07, 6.45) is 35.9. The van der Waals surface area contributed by atoms with Gasteiger partial charge in [-0.1, -0.05) is 81.9 Å². The molecule has 0 aromatic heterocycles. The average molecular weight is 562 g/mol. The Morgan fingerprint density at radius 3 is 1.80 bits per heavy atom. The van der Waals surface area contributed by atoms with Gasteiger partial charge in [0.2, 0.25) is 0 Å². The monoisotopic (exact) mass is 561 g/mol. The van der Waals surface area contributed by atoms with Gasteiger partial charge < -0.3 is 14.4 Å². The van der Waals surface area contributed by atoms with Gasteiger partial charge in [0.1, 0.15) is 6.10 Å². The van der Waals surface area contributed by atoms with Crippen LogP contribution in [0.3, 0.4) is 0 Å². The molecule has 0 fully saturated rings. The van der Waals surface area contributed by atoms with Crippen LogP contribution in [0.5, 0.6) is 0 Å². The van der Waals surface area contributed by atoms with Gasteiger partial charge in [0.05, 0.1) is 7.11 Å². The van der Waals surface area contributed by atoms with E-state index in [0.717, 1.165) is 90.0 Å². The lowest BCUT2D eigenvalue weighted by molar-refractivity contribution is -0.150. The largest absolute Gasteiger partial charge is 0.469 e. The molecule has 0 aliphatic heterocycles. The minimum absolute atomic E-state index is 0.0374. The summed E-state index contributed by atoms with van der Waals surface area (Å²) in [5, 5.41) is 0. The van der Waals surface area contributed by atoms with Gasteiger partial charge in [-0.2, -0.15) is 0 Å². The SMILES string of the molecule is CCCCC/C=C\C/C=C\CC/C=C/CCCCCC(CCCCCCCC(=O)OC)OC(=O)CCCN(C)C. The fraction of sp³-hybridized carbons (Fsp3) is 0.771. The number of hydrogen-bond donors (Lipinski definition) is 0. The third-order valence-electron chi connectivity index (χ3n) is 7.06. The second kappa shape index (κ2) is 30.1. The van der Waals surface area contributed by atoms with Crippen LogP contribution in [0.4, 0.5) is 0 Å². The molecule has 1 unspecified atom stereocenters. The molecule has 40 heavy (non-hydrogen) atoms. The van der Waals surface area contributed by atoms with Gasteiger partial charge in [0.15, 0.2) is 0 Å². The van der Waals surface area contributed by atoms with Crippen molar-refractivity contribution in [1.29, 1.82) is 0 Å². The maximum Gasteiger partial charge on any atom is 0.306 e. The first-order chi connectivity index (χ1) is 19.5. The summed E-state index contributed by atoms with van der Waals surface area (Å²) in [4.78, 5) is 25.7. The van der Waals surface area contributed by atoms with Gasteiger partial charge in [0, 0.05) is 12.8 Å². The van der Waals surface area contributed by atoms with E-state index >= 15 is 0 Å². The molecule has 5 heteroatoms. The lowest BCUT2D eigenvalue weighted by Crippen LogP contribution is -2.20. The molecule has 0 aromatic carbocycles. The van der Waals surface area contributed by atoms with Gasteiger partial charge in [-0.15, -0.1) is 0 Å². The fourth-order valence-corrected chi connectivity index (χ4v) is 4.58. The van der Waals surface area contributed by atoms with Crippen LogP contribution in [-0.2, 0) is 19.1 Å². The van der Waals surface area contributed by atoms with Crippen LogP contribution >= 0.6 is 0 Å². The summed E-state index contributed by atoms with van der Waals surface area (Å²) in [6, 6.07) is 0. The standard InChI is InChI=1S/C35H63NO4/c1-5-6-7-8-9-10-11-12-13-14-15-16-17-18-19-21-24-28-33(40-35(38)31-27-32-36(2)3)29-25-22-20-23-26-30-34(37)39-4/h9-10,12-13,16-17,33H,5-8,11,14-15,18-32H2,1-4H3/b10-9-,13-12-,17-16+. The molecule has 0 rings (SSSR count). The second-order valence-electron chi connectivity index (χ2n) is 11.3. The zero-order valence-electron chi connectivity index (χ0n) is 26.7. The van der Waals surface area contributed by atoms with Crippen LogP contribution in [0, 0.1) is 0 Å². The number of carbonyl (C=O) groups is 2. The molecule has 0 saturated heterocycles. The van der Waals surface area contributed by atoms with Crippen molar-refractivity contribution in [3.63, 3.8) is 0 Å². The van der Waals surface area contributed by atoms with E-state index in [4.69, 9.17) is 9.47 Å². The van der Waals surface area contributed by atoms with Gasteiger partial charge in [-0.05, 0) is 104 Å². The maximum atomic E-state index is 12.4. The predicted octanol–water partition coefficient (Wildman–Crippen LogP) is 9.51. The predicted molar refractivity (Wildman–Crippen MR) is 171 cm³/mol. The molecular weight excluding hydrogens is 498 g/mol. The molecule has 5 nitrogen and oxygen atoms in total. The van der Waals surface area contributed by atoms with Crippen molar-refractivity contribution in [2.24, 2.45) is 0 Å². The van der Waals surface area contributed by atoms with Crippen molar-refractivity contribution in [1.82, 2.24) is 4.90 Å². The first kappa shape index (κ1) is 38.1. The molecule has 0 aromatic rings. The summed E-state index contributed by atoms with van der Waals surface area (Å²) < 4.78 is 10.6. The van der Waals surface area contributed by atoms with E-state index in [1.54, 1.807) is 0 Å². The van der Waals surface area contributed by atoms with Crippen LogP contribution in [0.2, 0.25) is 0 Å². The third-order valence-corrected chi connectivity index (χ3v) is 7.06. The van der Waals surface area contributed by atoms with Crippen molar-refractivity contribution in [3.05, 3.63) is 36.5 Å². The number of methoxy groups -OCH3 is 1. The van der Waals surface area contributed by atoms with Gasteiger partial charge >= 0.3 is 11.9 Å². The highest BCUT2D eigenvalue weighted by Crippen LogP contribution is 2.17. The third kappa shape index (κ3) is 29.1. The summed E-state index contributed by atoms with van der Waals surface area (Å²) in [5.41, 5.74) is 0. The van der Waals surface area contributed by atoms with Crippen LogP contribution in [0.15, 0.2) is 36.5 Å². The maximum absolute atomic E-state index is 12.4. The normalized spacial score (nSPS) is 12.7. The topological polar surface area (TPSA) is 55.8 Å². The van der Waals surface area contributed by atoms with Crippen molar-refractivity contribution in [2.75, 3.05) is 27.7 Å². The van der Waals surface area contributed by atoms with Gasteiger partial charge in [0.25, 0.3) is 0 Å². The highest BCUT2D eigenvalue weighted by molar-refractivity contribution is 5.69. The summed E-state index contributed by atoms with van der Waals surface area (Å²) in [5.74, 6) is -0.175. The Hall–Kier alpha value is -1.88. The van der Waals surface area contributed by atoms with Crippen LogP contribution in [-0.4, -0.2) is 50.7 Å². The van der Waals surface area contributed by atoms with Crippen molar-refractivity contribution >= 4 is 11.9 Å². The van der Waals surface area contributed by atoms with Crippen molar-refractivity contribution in [3.8, 4) is 0 Å². The van der Waals surface area contributed by atoms with Gasteiger partial charge in [-0.3, -0.25) is 9.59 Å². The molecule has 0 aliphatic rings. The van der Waals surface area contributed by atoms with E-state index in [2.05, 4.69) is 48.3 Å². The molecule has 0 amide bonds. The number of ether oxygens (including phenoxy) is 2. The molecule has 1 atom stereocenters. The van der Waals surface area contributed by atoms with E-state index in [1.807, 2.05) is 14.1 Å². The van der Waals surface area contributed by atoms with Crippen LogP contribution in [0.25, 0.3) is 0 Å². The Kier molecular flexibility index (Phi) is 28.7. The zero-order chi connectivity index (χ0) is 29.5. The van der Waals surface area contributed by atoms with Crippen molar-refractivity contribution < 1.29 is 19.1 Å². The molecule has 0 N–H and O–H groups in total. The first-order valence-electron chi connectivity index (χ1n) is 16.4. The number of rotatable bonds is 28. The molecule has 0 saturated carbocycles. The molecule has 0 radical (unpaired) electrons. The van der Waals surface area contributed by atoms with E-state index in [-0.39, 0.29) is 18.0 Å².